The Bertz CT molecular complexity index is 883. The Balaban J connectivity index is 1.96. The van der Waals surface area contributed by atoms with Crippen LogP contribution in [0.5, 0.6) is 5.75 Å². The first-order chi connectivity index (χ1) is 12.3. The number of methoxy groups -OCH3 is 1. The molecule has 0 spiro atoms. The second kappa shape index (κ2) is 7.04. The van der Waals surface area contributed by atoms with Gasteiger partial charge in [-0.1, -0.05) is 28.1 Å². The summed E-state index contributed by atoms with van der Waals surface area (Å²) in [6.45, 7) is 1.08. The minimum absolute atomic E-state index is 0.911. The lowest BCUT2D eigenvalue weighted by atomic mass is 10.1. The van der Waals surface area contributed by atoms with E-state index >= 15 is 0 Å². The van der Waals surface area contributed by atoms with Crippen LogP contribution >= 0.6 is 15.9 Å². The number of hydrogen-bond acceptors (Lipinski definition) is 1. The van der Waals surface area contributed by atoms with Crippen molar-refractivity contribution in [3.05, 3.63) is 65.0 Å². The fourth-order valence-electron chi connectivity index (χ4n) is 3.66. The van der Waals surface area contributed by atoms with Gasteiger partial charge >= 0.3 is 0 Å². The number of rotatable bonds is 3. The van der Waals surface area contributed by atoms with E-state index in [4.69, 9.17) is 4.74 Å². The molecule has 0 fully saturated rings. The zero-order valence-corrected chi connectivity index (χ0v) is 16.0. The van der Waals surface area contributed by atoms with Gasteiger partial charge in [0.15, 0.2) is 5.69 Å². The molecule has 2 heterocycles. The molecule has 2 aromatic carbocycles. The summed E-state index contributed by atoms with van der Waals surface area (Å²) in [5.41, 5.74) is 3.52. The Labute approximate surface area is 157 Å². The van der Waals surface area contributed by atoms with Crippen LogP contribution in [0.3, 0.4) is 0 Å². The van der Waals surface area contributed by atoms with Crippen LogP contribution in [0.25, 0.3) is 16.9 Å². The second-order valence-electron chi connectivity index (χ2n) is 6.45. The van der Waals surface area contributed by atoms with Crippen LogP contribution in [0.4, 0.5) is 0 Å². The van der Waals surface area contributed by atoms with Crippen molar-refractivity contribution in [1.82, 2.24) is 4.57 Å². The molecule has 0 saturated carbocycles. The highest BCUT2D eigenvalue weighted by molar-refractivity contribution is 9.10. The minimum Gasteiger partial charge on any atom is -0.496 e. The van der Waals surface area contributed by atoms with E-state index in [9.17, 15) is 0 Å². The van der Waals surface area contributed by atoms with Crippen LogP contribution in [-0.4, -0.2) is 11.7 Å². The van der Waals surface area contributed by atoms with Crippen molar-refractivity contribution in [2.24, 2.45) is 0 Å². The highest BCUT2D eigenvalue weighted by Crippen LogP contribution is 2.33. The average Bonchev–Trinajstić information content (AvgIpc) is 2.84. The van der Waals surface area contributed by atoms with Crippen LogP contribution in [0, 0.1) is 0 Å². The summed E-state index contributed by atoms with van der Waals surface area (Å²) in [7, 11) is 1.74. The van der Waals surface area contributed by atoms with Gasteiger partial charge in [0.1, 0.15) is 17.6 Å². The minimum atomic E-state index is 0.911. The molecule has 1 aliphatic rings. The summed E-state index contributed by atoms with van der Waals surface area (Å²) in [5, 5.41) is 0. The lowest BCUT2D eigenvalue weighted by molar-refractivity contribution is -0.702. The van der Waals surface area contributed by atoms with Gasteiger partial charge < -0.3 is 4.74 Å². The zero-order valence-electron chi connectivity index (χ0n) is 14.4. The molecule has 0 radical (unpaired) electrons. The summed E-state index contributed by atoms with van der Waals surface area (Å²) in [6, 6.07) is 16.8. The van der Waals surface area contributed by atoms with Crippen molar-refractivity contribution in [3.8, 4) is 22.7 Å². The van der Waals surface area contributed by atoms with Crippen molar-refractivity contribution >= 4 is 15.9 Å². The number of fused-ring (bicyclic) bond motifs is 1. The summed E-state index contributed by atoms with van der Waals surface area (Å²) < 4.78 is 11.6. The molecular weight excluding hydrogens is 376 g/mol. The maximum Gasteiger partial charge on any atom is 0.262 e. The first-order valence-electron chi connectivity index (χ1n) is 8.81. The molecule has 0 aliphatic carbocycles. The maximum atomic E-state index is 5.64. The number of hydrogen-bond donors (Lipinski definition) is 0. The highest BCUT2D eigenvalue weighted by atomic mass is 79.9. The van der Waals surface area contributed by atoms with Crippen LogP contribution < -0.4 is 9.30 Å². The molecule has 0 saturated heterocycles. The van der Waals surface area contributed by atoms with E-state index in [1.165, 1.54) is 36.5 Å². The van der Waals surface area contributed by atoms with Crippen molar-refractivity contribution in [1.29, 1.82) is 0 Å². The fourth-order valence-corrected chi connectivity index (χ4v) is 3.93. The van der Waals surface area contributed by atoms with Crippen LogP contribution in [0.15, 0.2) is 59.2 Å². The van der Waals surface area contributed by atoms with Crippen molar-refractivity contribution < 1.29 is 9.30 Å². The number of aromatic nitrogens is 2. The number of ether oxygens (including phenoxy) is 1. The van der Waals surface area contributed by atoms with Crippen molar-refractivity contribution in [2.75, 3.05) is 7.11 Å². The number of para-hydroxylation sites is 1. The molecule has 25 heavy (non-hydrogen) atoms. The molecule has 3 aromatic rings. The van der Waals surface area contributed by atoms with Gasteiger partial charge in [-0.25, -0.2) is 4.57 Å². The fraction of sp³-hybridized carbons (Fsp3) is 0.286. The Morgan fingerprint density at radius 1 is 1.00 bits per heavy atom. The first-order valence-corrected chi connectivity index (χ1v) is 9.60. The van der Waals surface area contributed by atoms with Crippen LogP contribution in [-0.2, 0) is 13.0 Å². The number of aryl methyl sites for hydroxylation is 1. The predicted octanol–water partition coefficient (Wildman–Crippen LogP) is 4.93. The quantitative estimate of drug-likeness (QED) is 0.573. The number of benzene rings is 2. The first kappa shape index (κ1) is 16.4. The Morgan fingerprint density at radius 2 is 1.80 bits per heavy atom. The number of nitrogens with zero attached hydrogens (tertiary/aromatic N) is 2. The van der Waals surface area contributed by atoms with Crippen LogP contribution in [0.1, 0.15) is 25.1 Å². The van der Waals surface area contributed by atoms with Crippen LogP contribution in [0.2, 0.25) is 0 Å². The Kier molecular flexibility index (Phi) is 4.62. The lowest BCUT2D eigenvalue weighted by Gasteiger charge is -2.08. The monoisotopic (exact) mass is 397 g/mol. The maximum absolute atomic E-state index is 5.64. The van der Waals surface area contributed by atoms with Gasteiger partial charge in [-0.3, -0.25) is 0 Å². The normalized spacial score (nSPS) is 14.0. The predicted molar refractivity (Wildman–Crippen MR) is 103 cm³/mol. The standard InChI is InChI=1S/C21H22BrN2O/c1-25-20-8-5-4-7-18(20)19-15-23-14-6-2-3-9-21(23)24(19)17-12-10-16(22)11-13-17/h4-5,7-8,10-13,15H,2-3,6,9,14H2,1H3/q+1. The van der Waals surface area contributed by atoms with E-state index in [-0.39, 0.29) is 0 Å². The Morgan fingerprint density at radius 3 is 2.60 bits per heavy atom. The van der Waals surface area contributed by atoms with Gasteiger partial charge in [0.05, 0.1) is 19.2 Å². The third kappa shape index (κ3) is 3.11. The summed E-state index contributed by atoms with van der Waals surface area (Å²) in [4.78, 5) is 0. The van der Waals surface area contributed by atoms with Crippen molar-refractivity contribution in [2.45, 2.75) is 32.2 Å². The molecule has 3 nitrogen and oxygen atoms in total. The molecule has 0 unspecified atom stereocenters. The molecule has 0 amide bonds. The van der Waals surface area contributed by atoms with Gasteiger partial charge in [-0.05, 0) is 55.7 Å². The molecule has 0 bridgehead atoms. The topological polar surface area (TPSA) is 18.0 Å². The molecule has 0 N–H and O–H groups in total. The third-order valence-corrected chi connectivity index (χ3v) is 5.40. The van der Waals surface area contributed by atoms with Gasteiger partial charge in [0.25, 0.3) is 5.82 Å². The molecular formula is C21H22BrN2O+. The van der Waals surface area contributed by atoms with E-state index in [1.54, 1.807) is 7.11 Å². The largest absolute Gasteiger partial charge is 0.496 e. The zero-order chi connectivity index (χ0) is 17.2. The van der Waals surface area contributed by atoms with Gasteiger partial charge in [0.2, 0.25) is 0 Å². The summed E-state index contributed by atoms with van der Waals surface area (Å²) >= 11 is 3.55. The summed E-state index contributed by atoms with van der Waals surface area (Å²) in [5.74, 6) is 2.29. The molecule has 4 heteroatoms. The van der Waals surface area contributed by atoms with E-state index in [0.29, 0.717) is 0 Å². The molecule has 1 aromatic heterocycles. The summed E-state index contributed by atoms with van der Waals surface area (Å²) in [6.07, 6.45) is 7.18. The van der Waals surface area contributed by atoms with E-state index in [2.05, 4.69) is 67.7 Å². The molecule has 128 valence electrons. The van der Waals surface area contributed by atoms with E-state index in [1.807, 2.05) is 12.1 Å². The number of halogens is 1. The highest BCUT2D eigenvalue weighted by Gasteiger charge is 2.28. The SMILES string of the molecule is COc1ccccc1-c1c[n+]2c(n1-c1ccc(Br)cc1)CCCCC2. The molecule has 0 atom stereocenters. The second-order valence-corrected chi connectivity index (χ2v) is 7.36. The van der Waals surface area contributed by atoms with Gasteiger partial charge in [-0.15, -0.1) is 0 Å². The lowest BCUT2D eigenvalue weighted by Crippen LogP contribution is -2.35. The van der Waals surface area contributed by atoms with Gasteiger partial charge in [0, 0.05) is 10.9 Å². The molecule has 1 aliphatic heterocycles. The number of imidazole rings is 1. The third-order valence-electron chi connectivity index (χ3n) is 4.88. The van der Waals surface area contributed by atoms with Gasteiger partial charge in [-0.2, -0.15) is 4.57 Å². The molecule has 4 rings (SSSR count). The van der Waals surface area contributed by atoms with Crippen molar-refractivity contribution in [3.63, 3.8) is 0 Å². The Hall–Kier alpha value is -2.07. The average molecular weight is 398 g/mol. The van der Waals surface area contributed by atoms with E-state index < -0.39 is 0 Å². The smallest absolute Gasteiger partial charge is 0.262 e. The van der Waals surface area contributed by atoms with E-state index in [0.717, 1.165) is 28.8 Å².